The summed E-state index contributed by atoms with van der Waals surface area (Å²) in [5, 5.41) is 9.88. The van der Waals surface area contributed by atoms with Crippen molar-refractivity contribution < 1.29 is 14.6 Å². The van der Waals surface area contributed by atoms with Crippen LogP contribution in [0, 0.1) is 3.57 Å². The van der Waals surface area contributed by atoms with Crippen molar-refractivity contribution in [3.05, 3.63) is 45.0 Å². The van der Waals surface area contributed by atoms with Crippen LogP contribution in [0.15, 0.2) is 30.3 Å². The lowest BCUT2D eigenvalue weighted by molar-refractivity contribution is 0.409. The van der Waals surface area contributed by atoms with Gasteiger partial charge in [-0.15, -0.1) is 0 Å². The van der Waals surface area contributed by atoms with E-state index >= 15 is 0 Å². The van der Waals surface area contributed by atoms with Gasteiger partial charge in [0, 0.05) is 15.6 Å². The fourth-order valence-electron chi connectivity index (χ4n) is 2.00. The summed E-state index contributed by atoms with van der Waals surface area (Å²) in [6.07, 6.45) is 0.606. The number of hydrogen-bond acceptors (Lipinski definition) is 3. The minimum atomic E-state index is 0.270. The van der Waals surface area contributed by atoms with Gasteiger partial charge in [-0.3, -0.25) is 0 Å². The molecular weight excluding hydrogens is 343 g/mol. The van der Waals surface area contributed by atoms with Gasteiger partial charge < -0.3 is 14.6 Å². The molecule has 0 atom stereocenters. The van der Waals surface area contributed by atoms with Gasteiger partial charge in [-0.1, -0.05) is 6.07 Å². The van der Waals surface area contributed by atoms with E-state index in [1.807, 2.05) is 18.2 Å². The summed E-state index contributed by atoms with van der Waals surface area (Å²) in [6, 6.07) is 9.47. The van der Waals surface area contributed by atoms with Crippen LogP contribution in [0.3, 0.4) is 0 Å². The molecule has 0 aliphatic carbocycles. The lowest BCUT2D eigenvalue weighted by Gasteiger charge is -2.09. The molecule has 1 aliphatic rings. The molecule has 0 radical (unpaired) electrons. The molecular formula is C14H11IO3. The number of halogens is 1. The van der Waals surface area contributed by atoms with E-state index in [1.54, 1.807) is 19.2 Å². The zero-order valence-corrected chi connectivity index (χ0v) is 11.9. The van der Waals surface area contributed by atoms with Crippen LogP contribution in [0.5, 0.6) is 23.0 Å². The first-order valence-corrected chi connectivity index (χ1v) is 6.62. The van der Waals surface area contributed by atoms with Gasteiger partial charge in [0.05, 0.1) is 7.11 Å². The quantitative estimate of drug-likeness (QED) is 0.576. The number of rotatable bonds is 3. The number of aromatic hydroxyl groups is 1. The summed E-state index contributed by atoms with van der Waals surface area (Å²) in [5.74, 6) is 2.76. The molecule has 0 fully saturated rings. The van der Waals surface area contributed by atoms with Gasteiger partial charge in [0.15, 0.2) is 11.5 Å². The first kappa shape index (κ1) is 11.6. The van der Waals surface area contributed by atoms with E-state index in [2.05, 4.69) is 22.6 Å². The number of phenols is 1. The third kappa shape index (κ3) is 2.01. The molecule has 92 valence electrons. The Bertz CT molecular complexity index is 619. The maximum atomic E-state index is 9.88. The second-order valence-corrected chi connectivity index (χ2v) is 5.37. The number of hydrogen-bond donors (Lipinski definition) is 1. The van der Waals surface area contributed by atoms with Crippen LogP contribution in [0.4, 0.5) is 0 Å². The molecule has 3 nitrogen and oxygen atoms in total. The third-order valence-electron chi connectivity index (χ3n) is 2.99. The second kappa shape index (κ2) is 4.35. The smallest absolute Gasteiger partial charge is 0.177 e. The SMILES string of the molecule is COc1cc(I)ccc1Cc1c(O)ccc2c1O2. The number of phenolic OH excluding ortho intramolecular Hbond substituents is 1. The summed E-state index contributed by atoms with van der Waals surface area (Å²) in [7, 11) is 1.66. The van der Waals surface area contributed by atoms with Gasteiger partial charge >= 0.3 is 0 Å². The van der Waals surface area contributed by atoms with Gasteiger partial charge in [-0.25, -0.2) is 0 Å². The number of benzene rings is 2. The molecule has 0 saturated heterocycles. The zero-order valence-electron chi connectivity index (χ0n) is 9.74. The lowest BCUT2D eigenvalue weighted by atomic mass is 10.0. The van der Waals surface area contributed by atoms with Crippen LogP contribution in [0.1, 0.15) is 11.1 Å². The molecule has 0 spiro atoms. The van der Waals surface area contributed by atoms with E-state index in [0.717, 1.165) is 31.9 Å². The van der Waals surface area contributed by atoms with Crippen LogP contribution in [0.25, 0.3) is 0 Å². The van der Waals surface area contributed by atoms with Gasteiger partial charge in [0.25, 0.3) is 0 Å². The summed E-state index contributed by atoms with van der Waals surface area (Å²) in [5.41, 5.74) is 1.86. The van der Waals surface area contributed by atoms with Crippen molar-refractivity contribution in [2.45, 2.75) is 6.42 Å². The van der Waals surface area contributed by atoms with Crippen molar-refractivity contribution in [1.82, 2.24) is 0 Å². The molecule has 0 saturated carbocycles. The van der Waals surface area contributed by atoms with E-state index in [9.17, 15) is 5.11 Å². The van der Waals surface area contributed by atoms with Crippen LogP contribution >= 0.6 is 22.6 Å². The summed E-state index contributed by atoms with van der Waals surface area (Å²) >= 11 is 2.25. The normalized spacial score (nSPS) is 11.7. The fraction of sp³-hybridized carbons (Fsp3) is 0.143. The van der Waals surface area contributed by atoms with Gasteiger partial charge in [0.1, 0.15) is 11.5 Å². The topological polar surface area (TPSA) is 42.0 Å². The minimum absolute atomic E-state index is 0.270. The maximum absolute atomic E-state index is 9.88. The minimum Gasteiger partial charge on any atom is -0.508 e. The molecule has 0 bridgehead atoms. The monoisotopic (exact) mass is 354 g/mol. The molecule has 1 heterocycles. The standard InChI is InChI=1S/C14H11IO3/c1-17-13-7-9(15)3-2-8(13)6-10-11(16)4-5-12-14(10)18-12/h2-5,7,16H,6H2,1H3. The molecule has 0 unspecified atom stereocenters. The molecule has 4 heteroatoms. The highest BCUT2D eigenvalue weighted by Gasteiger charge is 2.27. The molecule has 3 rings (SSSR count). The van der Waals surface area contributed by atoms with Crippen molar-refractivity contribution in [3.8, 4) is 23.0 Å². The molecule has 2 aromatic rings. The van der Waals surface area contributed by atoms with Crippen molar-refractivity contribution in [1.29, 1.82) is 0 Å². The molecule has 0 amide bonds. The summed E-state index contributed by atoms with van der Waals surface area (Å²) in [4.78, 5) is 0. The second-order valence-electron chi connectivity index (χ2n) is 4.13. The van der Waals surface area contributed by atoms with Gasteiger partial charge in [-0.05, 0) is 52.4 Å². The van der Waals surface area contributed by atoms with Crippen molar-refractivity contribution in [3.63, 3.8) is 0 Å². The maximum Gasteiger partial charge on any atom is 0.177 e. The predicted molar refractivity (Wildman–Crippen MR) is 76.7 cm³/mol. The number of methoxy groups -OCH3 is 1. The molecule has 2 aromatic carbocycles. The highest BCUT2D eigenvalue weighted by molar-refractivity contribution is 14.1. The third-order valence-corrected chi connectivity index (χ3v) is 3.66. The van der Waals surface area contributed by atoms with Crippen LogP contribution in [0.2, 0.25) is 0 Å². The highest BCUT2D eigenvalue weighted by Crippen LogP contribution is 2.52. The molecule has 18 heavy (non-hydrogen) atoms. The largest absolute Gasteiger partial charge is 0.508 e. The van der Waals surface area contributed by atoms with E-state index in [4.69, 9.17) is 9.47 Å². The fourth-order valence-corrected chi connectivity index (χ4v) is 2.46. The lowest BCUT2D eigenvalue weighted by Crippen LogP contribution is -1.94. The Kier molecular flexibility index (Phi) is 2.81. The van der Waals surface area contributed by atoms with Crippen LogP contribution < -0.4 is 9.47 Å². The van der Waals surface area contributed by atoms with Crippen molar-refractivity contribution >= 4 is 22.6 Å². The van der Waals surface area contributed by atoms with Crippen molar-refractivity contribution in [2.24, 2.45) is 0 Å². The van der Waals surface area contributed by atoms with E-state index < -0.39 is 0 Å². The van der Waals surface area contributed by atoms with Gasteiger partial charge in [-0.2, -0.15) is 0 Å². The Morgan fingerprint density at radius 1 is 1.28 bits per heavy atom. The predicted octanol–water partition coefficient (Wildman–Crippen LogP) is 3.70. The zero-order chi connectivity index (χ0) is 12.7. The first-order chi connectivity index (χ1) is 8.69. The Labute approximate surface area is 118 Å². The average molecular weight is 354 g/mol. The van der Waals surface area contributed by atoms with Gasteiger partial charge in [0.2, 0.25) is 0 Å². The number of fused-ring (bicyclic) bond motifs is 1. The summed E-state index contributed by atoms with van der Waals surface area (Å²) in [6.45, 7) is 0. The number of ether oxygens (including phenoxy) is 2. The van der Waals surface area contributed by atoms with E-state index in [1.165, 1.54) is 0 Å². The average Bonchev–Trinajstić information content (AvgIpc) is 3.14. The summed E-state index contributed by atoms with van der Waals surface area (Å²) < 4.78 is 11.8. The molecule has 1 N–H and O–H groups in total. The van der Waals surface area contributed by atoms with Crippen LogP contribution in [-0.2, 0) is 6.42 Å². The highest BCUT2D eigenvalue weighted by atomic mass is 127. The Morgan fingerprint density at radius 3 is 2.89 bits per heavy atom. The molecule has 1 aliphatic heterocycles. The first-order valence-electron chi connectivity index (χ1n) is 5.54. The molecule has 0 aromatic heterocycles. The Balaban J connectivity index is 1.98. The van der Waals surface area contributed by atoms with Crippen molar-refractivity contribution in [2.75, 3.05) is 7.11 Å². The Morgan fingerprint density at radius 2 is 2.11 bits per heavy atom. The van der Waals surface area contributed by atoms with E-state index in [-0.39, 0.29) is 5.75 Å². The Hall–Kier alpha value is -1.43. The van der Waals surface area contributed by atoms with E-state index in [0.29, 0.717) is 6.42 Å². The van der Waals surface area contributed by atoms with Crippen LogP contribution in [-0.4, -0.2) is 12.2 Å².